The van der Waals surface area contributed by atoms with Gasteiger partial charge in [-0.05, 0) is 32.2 Å². The van der Waals surface area contributed by atoms with Gasteiger partial charge in [-0.15, -0.1) is 12.4 Å². The average Bonchev–Trinajstić information content (AvgIpc) is 1.97. The molecule has 0 radical (unpaired) electrons. The summed E-state index contributed by atoms with van der Waals surface area (Å²) in [5.41, 5.74) is 0. The second-order valence-electron chi connectivity index (χ2n) is 3.35. The molecule has 0 amide bonds. The zero-order chi connectivity index (χ0) is 6.69. The van der Waals surface area contributed by atoms with Crippen LogP contribution in [0.5, 0.6) is 0 Å². The first-order valence-corrected chi connectivity index (χ1v) is 4.02. The Balaban J connectivity index is 0.000000810. The van der Waals surface area contributed by atoms with Crippen LogP contribution in [0.15, 0.2) is 0 Å². The summed E-state index contributed by atoms with van der Waals surface area (Å²) >= 11 is 0. The van der Waals surface area contributed by atoms with Crippen LogP contribution in [0.3, 0.4) is 0 Å². The molecule has 1 saturated heterocycles. The van der Waals surface area contributed by atoms with Crippen LogP contribution in [0.25, 0.3) is 0 Å². The van der Waals surface area contributed by atoms with Crippen molar-refractivity contribution in [1.82, 2.24) is 5.32 Å². The highest BCUT2D eigenvalue weighted by atomic mass is 35.5. The van der Waals surface area contributed by atoms with Gasteiger partial charge in [-0.2, -0.15) is 0 Å². The van der Waals surface area contributed by atoms with E-state index >= 15 is 0 Å². The highest BCUT2D eigenvalue weighted by Crippen LogP contribution is 2.12. The molecule has 0 aromatic rings. The molecular weight excluding hydrogens is 146 g/mol. The van der Waals surface area contributed by atoms with Gasteiger partial charge >= 0.3 is 0 Å². The molecule has 62 valence electrons. The van der Waals surface area contributed by atoms with Gasteiger partial charge in [0.1, 0.15) is 0 Å². The molecule has 10 heavy (non-hydrogen) atoms. The van der Waals surface area contributed by atoms with Crippen molar-refractivity contribution >= 4 is 12.4 Å². The molecule has 2 heteroatoms. The first kappa shape index (κ1) is 10.2. The van der Waals surface area contributed by atoms with E-state index in [0.717, 1.165) is 12.0 Å². The van der Waals surface area contributed by atoms with Gasteiger partial charge in [-0.25, -0.2) is 0 Å². The molecular formula is C8H18ClN. The van der Waals surface area contributed by atoms with E-state index in [-0.39, 0.29) is 12.4 Å². The second kappa shape index (κ2) is 4.97. The summed E-state index contributed by atoms with van der Waals surface area (Å²) < 4.78 is 0. The minimum Gasteiger partial charge on any atom is -0.314 e. The van der Waals surface area contributed by atoms with Crippen molar-refractivity contribution in [2.45, 2.75) is 39.2 Å². The molecule has 1 fully saturated rings. The summed E-state index contributed by atoms with van der Waals surface area (Å²) in [6, 6.07) is 0.759. The van der Waals surface area contributed by atoms with E-state index in [1.54, 1.807) is 0 Å². The Labute approximate surface area is 70.0 Å². The van der Waals surface area contributed by atoms with Gasteiger partial charge in [0.15, 0.2) is 0 Å². The fourth-order valence-corrected chi connectivity index (χ4v) is 1.38. The molecule has 1 rings (SSSR count). The van der Waals surface area contributed by atoms with Crippen LogP contribution in [-0.4, -0.2) is 12.6 Å². The smallest absolute Gasteiger partial charge is 0.00388 e. The Kier molecular flexibility index (Phi) is 5.10. The zero-order valence-corrected chi connectivity index (χ0v) is 7.71. The lowest BCUT2D eigenvalue weighted by Crippen LogP contribution is -2.27. The minimum absolute atomic E-state index is 0. The molecule has 1 nitrogen and oxygen atoms in total. The van der Waals surface area contributed by atoms with Gasteiger partial charge in [-0.1, -0.05) is 13.3 Å². The van der Waals surface area contributed by atoms with Crippen LogP contribution in [0.2, 0.25) is 0 Å². The third kappa shape index (κ3) is 3.43. The standard InChI is InChI=1S/C8H17N.ClH/c1-7-4-3-5-8(2)9-6-7;/h7-9H,3-6H2,1-2H3;1H/t7-,8-;/m0./s1. The number of rotatable bonds is 0. The molecule has 1 aliphatic rings. The predicted molar refractivity (Wildman–Crippen MR) is 47.7 cm³/mol. The molecule has 1 aliphatic heterocycles. The van der Waals surface area contributed by atoms with Gasteiger partial charge in [-0.3, -0.25) is 0 Å². The Morgan fingerprint density at radius 3 is 2.60 bits per heavy atom. The molecule has 2 atom stereocenters. The maximum absolute atomic E-state index is 3.49. The molecule has 0 aliphatic carbocycles. The van der Waals surface area contributed by atoms with Crippen LogP contribution >= 0.6 is 12.4 Å². The van der Waals surface area contributed by atoms with E-state index in [1.807, 2.05) is 0 Å². The van der Waals surface area contributed by atoms with Crippen molar-refractivity contribution in [1.29, 1.82) is 0 Å². The number of nitrogens with one attached hydrogen (secondary N) is 1. The molecule has 0 spiro atoms. The van der Waals surface area contributed by atoms with Crippen LogP contribution in [0.4, 0.5) is 0 Å². The van der Waals surface area contributed by atoms with E-state index in [4.69, 9.17) is 0 Å². The maximum Gasteiger partial charge on any atom is 0.00388 e. The molecule has 0 saturated carbocycles. The van der Waals surface area contributed by atoms with E-state index < -0.39 is 0 Å². The molecule has 0 aromatic carbocycles. The van der Waals surface area contributed by atoms with E-state index in [1.165, 1.54) is 25.8 Å². The highest BCUT2D eigenvalue weighted by molar-refractivity contribution is 5.85. The fourth-order valence-electron chi connectivity index (χ4n) is 1.38. The summed E-state index contributed by atoms with van der Waals surface area (Å²) in [5, 5.41) is 3.49. The fraction of sp³-hybridized carbons (Fsp3) is 1.00. The monoisotopic (exact) mass is 163 g/mol. The maximum atomic E-state index is 3.49. The Bertz CT molecular complexity index is 75.3. The lowest BCUT2D eigenvalue weighted by Gasteiger charge is -2.09. The van der Waals surface area contributed by atoms with Crippen molar-refractivity contribution in [2.75, 3.05) is 6.54 Å². The average molecular weight is 164 g/mol. The molecule has 0 aromatic heterocycles. The van der Waals surface area contributed by atoms with Gasteiger partial charge in [0, 0.05) is 6.04 Å². The van der Waals surface area contributed by atoms with Gasteiger partial charge in [0.2, 0.25) is 0 Å². The third-order valence-electron chi connectivity index (χ3n) is 2.15. The van der Waals surface area contributed by atoms with Crippen molar-refractivity contribution in [3.8, 4) is 0 Å². The summed E-state index contributed by atoms with van der Waals surface area (Å²) in [4.78, 5) is 0. The topological polar surface area (TPSA) is 12.0 Å². The number of halogens is 1. The SMILES string of the molecule is C[C@H]1CCC[C@H](C)NC1.Cl. The van der Waals surface area contributed by atoms with Crippen molar-refractivity contribution in [3.05, 3.63) is 0 Å². The normalized spacial score (nSPS) is 34.2. The van der Waals surface area contributed by atoms with Gasteiger partial charge in [0.05, 0.1) is 0 Å². The van der Waals surface area contributed by atoms with Crippen LogP contribution < -0.4 is 5.32 Å². The first-order chi connectivity index (χ1) is 4.29. The Morgan fingerprint density at radius 1 is 1.20 bits per heavy atom. The lowest BCUT2D eigenvalue weighted by molar-refractivity contribution is 0.503. The molecule has 1 N–H and O–H groups in total. The van der Waals surface area contributed by atoms with Crippen LogP contribution in [0.1, 0.15) is 33.1 Å². The van der Waals surface area contributed by atoms with Crippen molar-refractivity contribution in [2.24, 2.45) is 5.92 Å². The number of hydrogen-bond acceptors (Lipinski definition) is 1. The van der Waals surface area contributed by atoms with Gasteiger partial charge < -0.3 is 5.32 Å². The van der Waals surface area contributed by atoms with E-state index in [0.29, 0.717) is 0 Å². The third-order valence-corrected chi connectivity index (χ3v) is 2.15. The Morgan fingerprint density at radius 2 is 1.90 bits per heavy atom. The quantitative estimate of drug-likeness (QED) is 0.578. The van der Waals surface area contributed by atoms with Gasteiger partial charge in [0.25, 0.3) is 0 Å². The van der Waals surface area contributed by atoms with Crippen molar-refractivity contribution in [3.63, 3.8) is 0 Å². The minimum atomic E-state index is 0. The largest absolute Gasteiger partial charge is 0.314 e. The highest BCUT2D eigenvalue weighted by Gasteiger charge is 2.10. The molecule has 0 bridgehead atoms. The summed E-state index contributed by atoms with van der Waals surface area (Å²) in [7, 11) is 0. The zero-order valence-electron chi connectivity index (χ0n) is 6.89. The van der Waals surface area contributed by atoms with Crippen LogP contribution in [0, 0.1) is 5.92 Å². The second-order valence-corrected chi connectivity index (χ2v) is 3.35. The first-order valence-electron chi connectivity index (χ1n) is 4.02. The number of hydrogen-bond donors (Lipinski definition) is 1. The summed E-state index contributed by atoms with van der Waals surface area (Å²) in [6.45, 7) is 5.82. The van der Waals surface area contributed by atoms with Crippen LogP contribution in [-0.2, 0) is 0 Å². The lowest BCUT2D eigenvalue weighted by atomic mass is 10.1. The van der Waals surface area contributed by atoms with Crippen molar-refractivity contribution < 1.29 is 0 Å². The summed E-state index contributed by atoms with van der Waals surface area (Å²) in [6.07, 6.45) is 4.19. The van der Waals surface area contributed by atoms with E-state index in [9.17, 15) is 0 Å². The Hall–Kier alpha value is 0.250. The summed E-state index contributed by atoms with van der Waals surface area (Å²) in [5.74, 6) is 0.898. The molecule has 1 heterocycles. The van der Waals surface area contributed by atoms with E-state index in [2.05, 4.69) is 19.2 Å². The molecule has 0 unspecified atom stereocenters. The predicted octanol–water partition coefficient (Wildman–Crippen LogP) is 2.21.